The Bertz CT molecular complexity index is 1130. The second kappa shape index (κ2) is 10.6. The lowest BCUT2D eigenvalue weighted by molar-refractivity contribution is -0.121. The molecular formula is C32H48N2O4. The molecule has 210 valence electrons. The SMILES string of the molecule is CC(C)(C)c1cc(CCC(=O)NNC(=O)c2cc(C(C)(C)C)c(O)c(C(C)(C)C)c2)cc(C(C)(C)C)c1O. The summed E-state index contributed by atoms with van der Waals surface area (Å²) in [5, 5.41) is 21.8. The zero-order chi connectivity index (χ0) is 29.4. The van der Waals surface area contributed by atoms with Gasteiger partial charge in [-0.2, -0.15) is 0 Å². The lowest BCUT2D eigenvalue weighted by Crippen LogP contribution is -2.42. The fourth-order valence-electron chi connectivity index (χ4n) is 4.41. The maximum atomic E-state index is 13.0. The summed E-state index contributed by atoms with van der Waals surface area (Å²) in [6, 6.07) is 7.30. The molecule has 0 aliphatic rings. The largest absolute Gasteiger partial charge is 0.507 e. The summed E-state index contributed by atoms with van der Waals surface area (Å²) in [5.41, 5.74) is 8.22. The van der Waals surface area contributed by atoms with E-state index in [4.69, 9.17) is 0 Å². The maximum Gasteiger partial charge on any atom is 0.269 e. The third-order valence-electron chi connectivity index (χ3n) is 6.73. The molecule has 0 spiro atoms. The van der Waals surface area contributed by atoms with Crippen molar-refractivity contribution in [2.45, 2.75) is 118 Å². The highest BCUT2D eigenvalue weighted by molar-refractivity contribution is 5.96. The highest BCUT2D eigenvalue weighted by Gasteiger charge is 2.29. The van der Waals surface area contributed by atoms with Crippen molar-refractivity contribution in [3.05, 3.63) is 57.6 Å². The molecule has 0 atom stereocenters. The second-order valence-electron chi connectivity index (χ2n) is 14.5. The molecule has 0 unspecified atom stereocenters. The molecule has 0 saturated heterocycles. The van der Waals surface area contributed by atoms with Crippen LogP contribution in [0.1, 0.15) is 128 Å². The van der Waals surface area contributed by atoms with Gasteiger partial charge in [-0.15, -0.1) is 0 Å². The van der Waals surface area contributed by atoms with E-state index in [1.165, 1.54) is 0 Å². The molecule has 6 heteroatoms. The van der Waals surface area contributed by atoms with Gasteiger partial charge in [0.15, 0.2) is 0 Å². The van der Waals surface area contributed by atoms with Gasteiger partial charge < -0.3 is 10.2 Å². The normalized spacial score (nSPS) is 12.8. The Labute approximate surface area is 229 Å². The molecule has 2 rings (SSSR count). The predicted molar refractivity (Wildman–Crippen MR) is 155 cm³/mol. The van der Waals surface area contributed by atoms with E-state index in [2.05, 4.69) is 52.4 Å². The van der Waals surface area contributed by atoms with E-state index in [0.717, 1.165) is 16.7 Å². The molecule has 6 nitrogen and oxygen atoms in total. The van der Waals surface area contributed by atoms with Gasteiger partial charge in [0.2, 0.25) is 5.91 Å². The van der Waals surface area contributed by atoms with Crippen LogP contribution < -0.4 is 10.9 Å². The Morgan fingerprint density at radius 3 is 1.29 bits per heavy atom. The molecule has 0 aliphatic heterocycles. The van der Waals surface area contributed by atoms with E-state index in [9.17, 15) is 19.8 Å². The second-order valence-corrected chi connectivity index (χ2v) is 14.5. The number of nitrogens with one attached hydrogen (secondary N) is 2. The maximum absolute atomic E-state index is 13.0. The molecular weight excluding hydrogens is 476 g/mol. The van der Waals surface area contributed by atoms with Crippen LogP contribution in [0.15, 0.2) is 24.3 Å². The first-order chi connectivity index (χ1) is 17.0. The van der Waals surface area contributed by atoms with E-state index in [0.29, 0.717) is 28.9 Å². The number of hydrogen-bond acceptors (Lipinski definition) is 4. The van der Waals surface area contributed by atoms with E-state index in [1.807, 2.05) is 53.7 Å². The third kappa shape index (κ3) is 7.52. The van der Waals surface area contributed by atoms with Crippen molar-refractivity contribution in [1.29, 1.82) is 0 Å². The standard InChI is InChI=1S/C32H48N2O4/c1-29(2,3)21-15-19(16-22(26(21)36)30(4,5)6)13-14-25(35)33-34-28(38)20-17-23(31(7,8)9)27(37)24(18-20)32(10,11)12/h15-18,36-37H,13-14H2,1-12H3,(H,33,35)(H,34,38). The molecule has 0 fully saturated rings. The molecule has 4 N–H and O–H groups in total. The minimum absolute atomic E-state index is 0.175. The number of hydrazine groups is 1. The van der Waals surface area contributed by atoms with Crippen LogP contribution in [-0.2, 0) is 32.9 Å². The molecule has 0 saturated carbocycles. The number of benzene rings is 2. The highest BCUT2D eigenvalue weighted by Crippen LogP contribution is 2.41. The first-order valence-corrected chi connectivity index (χ1v) is 13.4. The Morgan fingerprint density at radius 2 is 0.947 bits per heavy atom. The van der Waals surface area contributed by atoms with Crippen molar-refractivity contribution < 1.29 is 19.8 Å². The predicted octanol–water partition coefficient (Wildman–Crippen LogP) is 6.68. The minimum atomic E-state index is -0.441. The summed E-state index contributed by atoms with van der Waals surface area (Å²) < 4.78 is 0. The zero-order valence-electron chi connectivity index (χ0n) is 25.4. The van der Waals surface area contributed by atoms with Gasteiger partial charge in [0.25, 0.3) is 5.91 Å². The lowest BCUT2D eigenvalue weighted by atomic mass is 9.78. The fourth-order valence-corrected chi connectivity index (χ4v) is 4.41. The van der Waals surface area contributed by atoms with Gasteiger partial charge in [-0.25, -0.2) is 0 Å². The van der Waals surface area contributed by atoms with Gasteiger partial charge in [-0.3, -0.25) is 20.4 Å². The van der Waals surface area contributed by atoms with Gasteiger partial charge >= 0.3 is 0 Å². The molecule has 2 aromatic rings. The Balaban J connectivity index is 2.21. The Kier molecular flexibility index (Phi) is 8.72. The number of aromatic hydroxyl groups is 2. The summed E-state index contributed by atoms with van der Waals surface area (Å²) in [6.45, 7) is 24.2. The fraction of sp³-hybridized carbons (Fsp3) is 0.562. The summed E-state index contributed by atoms with van der Waals surface area (Å²) in [7, 11) is 0. The van der Waals surface area contributed by atoms with Crippen LogP contribution >= 0.6 is 0 Å². The van der Waals surface area contributed by atoms with Crippen molar-refractivity contribution in [3.8, 4) is 11.5 Å². The van der Waals surface area contributed by atoms with Crippen LogP contribution in [0.25, 0.3) is 0 Å². The highest BCUT2D eigenvalue weighted by atomic mass is 16.3. The van der Waals surface area contributed by atoms with E-state index in [-0.39, 0.29) is 39.7 Å². The number of phenolic OH excluding ortho intramolecular Hbond substituents is 2. The van der Waals surface area contributed by atoms with Crippen molar-refractivity contribution >= 4 is 11.8 Å². The van der Waals surface area contributed by atoms with Crippen LogP contribution in [0.3, 0.4) is 0 Å². The van der Waals surface area contributed by atoms with Crippen molar-refractivity contribution in [2.24, 2.45) is 0 Å². The Morgan fingerprint density at radius 1 is 0.605 bits per heavy atom. The summed E-state index contributed by atoms with van der Waals surface area (Å²) in [4.78, 5) is 25.7. The number of aryl methyl sites for hydroxylation is 1. The first-order valence-electron chi connectivity index (χ1n) is 13.4. The van der Waals surface area contributed by atoms with Crippen LogP contribution in [0.5, 0.6) is 11.5 Å². The van der Waals surface area contributed by atoms with Crippen LogP contribution in [0.4, 0.5) is 0 Å². The van der Waals surface area contributed by atoms with E-state index < -0.39 is 5.91 Å². The summed E-state index contributed by atoms with van der Waals surface area (Å²) in [6.07, 6.45) is 0.643. The van der Waals surface area contributed by atoms with Crippen molar-refractivity contribution in [3.63, 3.8) is 0 Å². The third-order valence-corrected chi connectivity index (χ3v) is 6.73. The minimum Gasteiger partial charge on any atom is -0.507 e. The van der Waals surface area contributed by atoms with Crippen molar-refractivity contribution in [2.75, 3.05) is 0 Å². The quantitative estimate of drug-likeness (QED) is 0.335. The molecule has 2 aromatic carbocycles. The molecule has 0 aromatic heterocycles. The van der Waals surface area contributed by atoms with Gasteiger partial charge in [0, 0.05) is 23.1 Å². The number of amides is 2. The number of carbonyl (C=O) groups is 2. The van der Waals surface area contributed by atoms with Crippen LogP contribution in [-0.4, -0.2) is 22.0 Å². The number of carbonyl (C=O) groups excluding carboxylic acids is 2. The molecule has 0 heterocycles. The number of rotatable bonds is 4. The molecule has 38 heavy (non-hydrogen) atoms. The van der Waals surface area contributed by atoms with Crippen LogP contribution in [0.2, 0.25) is 0 Å². The topological polar surface area (TPSA) is 98.7 Å². The van der Waals surface area contributed by atoms with Gasteiger partial charge in [0.05, 0.1) is 0 Å². The average Bonchev–Trinajstić information content (AvgIpc) is 2.73. The van der Waals surface area contributed by atoms with E-state index >= 15 is 0 Å². The summed E-state index contributed by atoms with van der Waals surface area (Å²) in [5.74, 6) is -0.247. The number of hydrogen-bond donors (Lipinski definition) is 4. The smallest absolute Gasteiger partial charge is 0.269 e. The van der Waals surface area contributed by atoms with Gasteiger partial charge in [0.1, 0.15) is 11.5 Å². The monoisotopic (exact) mass is 524 g/mol. The molecule has 0 aliphatic carbocycles. The number of phenols is 2. The van der Waals surface area contributed by atoms with E-state index in [1.54, 1.807) is 12.1 Å². The molecule has 2 amide bonds. The van der Waals surface area contributed by atoms with Gasteiger partial charge in [-0.05, 0) is 56.9 Å². The lowest BCUT2D eigenvalue weighted by Gasteiger charge is -2.28. The van der Waals surface area contributed by atoms with Gasteiger partial charge in [-0.1, -0.05) is 95.2 Å². The van der Waals surface area contributed by atoms with Crippen LogP contribution in [0, 0.1) is 0 Å². The summed E-state index contributed by atoms with van der Waals surface area (Å²) >= 11 is 0. The average molecular weight is 525 g/mol. The molecule has 0 radical (unpaired) electrons. The first kappa shape index (κ1) is 31.2. The Hall–Kier alpha value is -3.02. The zero-order valence-corrected chi connectivity index (χ0v) is 25.4. The molecule has 0 bridgehead atoms. The van der Waals surface area contributed by atoms with Crippen molar-refractivity contribution in [1.82, 2.24) is 10.9 Å².